The number of benzene rings is 1. The number of hydrogen-bond donors (Lipinski definition) is 4. The number of nitrogens with zero attached hydrogens (tertiary/aromatic N) is 2. The first kappa shape index (κ1) is 17.4. The summed E-state index contributed by atoms with van der Waals surface area (Å²) in [6, 6.07) is 15.0. The quantitative estimate of drug-likeness (QED) is 0.528. The van der Waals surface area contributed by atoms with Crippen molar-refractivity contribution in [3.05, 3.63) is 89.6 Å². The van der Waals surface area contributed by atoms with Gasteiger partial charge in [-0.3, -0.25) is 9.78 Å². The van der Waals surface area contributed by atoms with Gasteiger partial charge in [0.15, 0.2) is 0 Å². The van der Waals surface area contributed by atoms with Crippen LogP contribution < -0.4 is 21.9 Å². The molecule has 27 heavy (non-hydrogen) atoms. The number of furan rings is 1. The number of nitrogens with one attached hydrogen (secondary N) is 4. The van der Waals surface area contributed by atoms with Crippen molar-refractivity contribution in [1.82, 2.24) is 31.8 Å². The van der Waals surface area contributed by atoms with Crippen molar-refractivity contribution in [1.29, 1.82) is 0 Å². The van der Waals surface area contributed by atoms with Gasteiger partial charge in [-0.1, -0.05) is 18.2 Å². The minimum absolute atomic E-state index is 0.0747. The molecule has 138 valence electrons. The van der Waals surface area contributed by atoms with E-state index in [0.29, 0.717) is 18.7 Å². The van der Waals surface area contributed by atoms with Crippen LogP contribution in [0.3, 0.4) is 0 Å². The summed E-state index contributed by atoms with van der Waals surface area (Å²) in [6.07, 6.45) is 4.84. The zero-order valence-corrected chi connectivity index (χ0v) is 14.6. The SMILES string of the molecule is O=C(c1ccccc1C1NNNN1)N(Cc1ccncc1)Cc1ccco1. The summed E-state index contributed by atoms with van der Waals surface area (Å²) in [6.45, 7) is 0.836. The highest BCUT2D eigenvalue weighted by Crippen LogP contribution is 2.21. The van der Waals surface area contributed by atoms with E-state index in [1.54, 1.807) is 23.6 Å². The van der Waals surface area contributed by atoms with Crippen molar-refractivity contribution in [3.63, 3.8) is 0 Å². The number of rotatable bonds is 6. The molecule has 4 N–H and O–H groups in total. The molecule has 0 bridgehead atoms. The zero-order chi connectivity index (χ0) is 18.5. The maximum absolute atomic E-state index is 13.4. The van der Waals surface area contributed by atoms with Crippen LogP contribution in [-0.4, -0.2) is 15.8 Å². The highest BCUT2D eigenvalue weighted by atomic mass is 16.3. The Morgan fingerprint density at radius 2 is 1.78 bits per heavy atom. The minimum Gasteiger partial charge on any atom is -0.467 e. The van der Waals surface area contributed by atoms with Gasteiger partial charge in [0.2, 0.25) is 0 Å². The summed E-state index contributed by atoms with van der Waals surface area (Å²) in [4.78, 5) is 19.2. The van der Waals surface area contributed by atoms with Crippen molar-refractivity contribution in [2.24, 2.45) is 0 Å². The molecule has 0 spiro atoms. The second-order valence-electron chi connectivity index (χ2n) is 6.15. The van der Waals surface area contributed by atoms with E-state index in [-0.39, 0.29) is 12.1 Å². The molecule has 1 aliphatic rings. The van der Waals surface area contributed by atoms with Gasteiger partial charge in [0.1, 0.15) is 11.9 Å². The van der Waals surface area contributed by atoms with E-state index in [2.05, 4.69) is 26.9 Å². The van der Waals surface area contributed by atoms with Gasteiger partial charge in [0.25, 0.3) is 5.91 Å². The maximum atomic E-state index is 13.4. The fourth-order valence-electron chi connectivity index (χ4n) is 3.02. The Hall–Kier alpha value is -3.04. The Balaban J connectivity index is 1.64. The van der Waals surface area contributed by atoms with E-state index in [4.69, 9.17) is 4.42 Å². The molecule has 2 aromatic heterocycles. The van der Waals surface area contributed by atoms with Crippen LogP contribution in [0.5, 0.6) is 0 Å². The summed E-state index contributed by atoms with van der Waals surface area (Å²) < 4.78 is 5.47. The van der Waals surface area contributed by atoms with Crippen LogP contribution in [0.1, 0.15) is 33.4 Å². The van der Waals surface area contributed by atoms with Gasteiger partial charge < -0.3 is 9.32 Å². The second kappa shape index (κ2) is 8.11. The lowest BCUT2D eigenvalue weighted by Crippen LogP contribution is -2.33. The van der Waals surface area contributed by atoms with Crippen LogP contribution in [0.2, 0.25) is 0 Å². The molecule has 3 heterocycles. The van der Waals surface area contributed by atoms with E-state index < -0.39 is 0 Å². The summed E-state index contributed by atoms with van der Waals surface area (Å²) >= 11 is 0. The van der Waals surface area contributed by atoms with E-state index in [9.17, 15) is 4.79 Å². The lowest BCUT2D eigenvalue weighted by atomic mass is 10.0. The number of amides is 1. The molecule has 1 aliphatic heterocycles. The van der Waals surface area contributed by atoms with Gasteiger partial charge in [0, 0.05) is 24.5 Å². The predicted octanol–water partition coefficient (Wildman–Crippen LogP) is 1.63. The van der Waals surface area contributed by atoms with Crippen molar-refractivity contribution in [2.75, 3.05) is 0 Å². The fraction of sp³-hybridized carbons (Fsp3) is 0.158. The molecule has 1 saturated heterocycles. The van der Waals surface area contributed by atoms with Crippen LogP contribution in [0.4, 0.5) is 0 Å². The second-order valence-corrected chi connectivity index (χ2v) is 6.15. The largest absolute Gasteiger partial charge is 0.467 e. The molecule has 8 heteroatoms. The van der Waals surface area contributed by atoms with E-state index in [1.165, 1.54) is 0 Å². The van der Waals surface area contributed by atoms with Gasteiger partial charge in [-0.05, 0) is 41.5 Å². The number of hydrazine groups is 3. The molecular weight excluding hydrogens is 344 g/mol. The van der Waals surface area contributed by atoms with Gasteiger partial charge in [-0.2, -0.15) is 11.1 Å². The molecule has 0 radical (unpaired) electrons. The molecule has 1 fully saturated rings. The molecule has 1 aromatic carbocycles. The Kier molecular flexibility index (Phi) is 5.22. The Bertz CT molecular complexity index is 878. The highest BCUT2D eigenvalue weighted by molar-refractivity contribution is 5.95. The Labute approximate surface area is 156 Å². The molecule has 0 saturated carbocycles. The first-order valence-corrected chi connectivity index (χ1v) is 8.62. The van der Waals surface area contributed by atoms with Gasteiger partial charge in [0.05, 0.1) is 12.8 Å². The predicted molar refractivity (Wildman–Crippen MR) is 98.2 cm³/mol. The molecule has 1 amide bonds. The van der Waals surface area contributed by atoms with Crippen LogP contribution in [0, 0.1) is 0 Å². The number of aromatic nitrogens is 1. The summed E-state index contributed by atoms with van der Waals surface area (Å²) in [5.74, 6) is 0.657. The summed E-state index contributed by atoms with van der Waals surface area (Å²) in [7, 11) is 0. The molecule has 4 rings (SSSR count). The number of hydrogen-bond acceptors (Lipinski definition) is 7. The van der Waals surface area contributed by atoms with Crippen molar-refractivity contribution in [3.8, 4) is 0 Å². The fourth-order valence-corrected chi connectivity index (χ4v) is 3.02. The molecule has 0 unspecified atom stereocenters. The maximum Gasteiger partial charge on any atom is 0.254 e. The minimum atomic E-state index is -0.225. The van der Waals surface area contributed by atoms with Gasteiger partial charge in [-0.25, -0.2) is 10.9 Å². The first-order valence-electron chi connectivity index (χ1n) is 8.62. The van der Waals surface area contributed by atoms with Crippen molar-refractivity contribution >= 4 is 5.91 Å². The summed E-state index contributed by atoms with van der Waals surface area (Å²) in [5, 5.41) is 0. The Morgan fingerprint density at radius 3 is 2.52 bits per heavy atom. The van der Waals surface area contributed by atoms with E-state index in [0.717, 1.165) is 16.9 Å². The molecule has 0 aliphatic carbocycles. The van der Waals surface area contributed by atoms with Gasteiger partial charge in [-0.15, -0.1) is 0 Å². The first-order chi connectivity index (χ1) is 13.3. The number of carbonyl (C=O) groups is 1. The third-order valence-electron chi connectivity index (χ3n) is 4.33. The number of carbonyl (C=O) groups excluding carboxylic acids is 1. The lowest BCUT2D eigenvalue weighted by molar-refractivity contribution is 0.0715. The molecule has 3 aromatic rings. The molecule has 8 nitrogen and oxygen atoms in total. The zero-order valence-electron chi connectivity index (χ0n) is 14.6. The average Bonchev–Trinajstić information content (AvgIpc) is 3.42. The van der Waals surface area contributed by atoms with E-state index in [1.807, 2.05) is 48.5 Å². The van der Waals surface area contributed by atoms with Crippen LogP contribution in [0.25, 0.3) is 0 Å². The monoisotopic (exact) mass is 364 g/mol. The van der Waals surface area contributed by atoms with Crippen LogP contribution in [-0.2, 0) is 13.1 Å². The van der Waals surface area contributed by atoms with Crippen molar-refractivity contribution < 1.29 is 9.21 Å². The van der Waals surface area contributed by atoms with Crippen molar-refractivity contribution in [2.45, 2.75) is 19.3 Å². The molecule has 0 atom stereocenters. The third-order valence-corrected chi connectivity index (χ3v) is 4.33. The average molecular weight is 364 g/mol. The smallest absolute Gasteiger partial charge is 0.254 e. The third kappa shape index (κ3) is 4.04. The summed E-state index contributed by atoms with van der Waals surface area (Å²) in [5.41, 5.74) is 14.1. The van der Waals surface area contributed by atoms with Gasteiger partial charge >= 0.3 is 0 Å². The normalized spacial score (nSPS) is 14.4. The molecular formula is C19H20N6O2. The van der Waals surface area contributed by atoms with Crippen LogP contribution >= 0.6 is 0 Å². The topological polar surface area (TPSA) is 94.5 Å². The van der Waals surface area contributed by atoms with E-state index >= 15 is 0 Å². The number of pyridine rings is 1. The lowest BCUT2D eigenvalue weighted by Gasteiger charge is -2.24. The Morgan fingerprint density at radius 1 is 1.00 bits per heavy atom. The standard InChI is InChI=1S/C19H20N6O2/c26-19(17-6-2-1-5-16(17)18-21-23-24-22-18)25(13-15-4-3-11-27-15)12-14-7-9-20-10-8-14/h1-11,18,21-24H,12-13H2. The highest BCUT2D eigenvalue weighted by Gasteiger charge is 2.25. The van der Waals surface area contributed by atoms with Crippen LogP contribution in [0.15, 0.2) is 71.6 Å².